The standard InChI is InChI=1S/C25H32O3/c1-4-5-7-14-23(28-25(26)22-12-8-6-9-13-22)15-10-11-16-27-24-18-20(2)17-21(3)19-24/h6,8-13,17-19,23H,4-5,7,14-16H2,1-3H3/b11-10+. The highest BCUT2D eigenvalue weighted by Crippen LogP contribution is 2.17. The van der Waals surface area contributed by atoms with E-state index in [1.54, 1.807) is 12.1 Å². The monoisotopic (exact) mass is 380 g/mol. The second kappa shape index (κ2) is 12.0. The van der Waals surface area contributed by atoms with Crippen LogP contribution >= 0.6 is 0 Å². The van der Waals surface area contributed by atoms with Crippen LogP contribution in [0.15, 0.2) is 60.7 Å². The van der Waals surface area contributed by atoms with Crippen LogP contribution in [0.2, 0.25) is 0 Å². The first-order chi connectivity index (χ1) is 13.6. The topological polar surface area (TPSA) is 35.5 Å². The fourth-order valence-corrected chi connectivity index (χ4v) is 3.12. The second-order valence-corrected chi connectivity index (χ2v) is 7.23. The second-order valence-electron chi connectivity index (χ2n) is 7.23. The fourth-order valence-electron chi connectivity index (χ4n) is 3.12. The van der Waals surface area contributed by atoms with E-state index >= 15 is 0 Å². The number of benzene rings is 2. The average Bonchev–Trinajstić information content (AvgIpc) is 2.67. The maximum Gasteiger partial charge on any atom is 0.338 e. The summed E-state index contributed by atoms with van der Waals surface area (Å²) in [5.41, 5.74) is 3.00. The molecule has 0 N–H and O–H groups in total. The van der Waals surface area contributed by atoms with Crippen molar-refractivity contribution in [3.05, 3.63) is 77.4 Å². The largest absolute Gasteiger partial charge is 0.490 e. The molecule has 28 heavy (non-hydrogen) atoms. The summed E-state index contributed by atoms with van der Waals surface area (Å²) in [4.78, 5) is 12.4. The van der Waals surface area contributed by atoms with Crippen LogP contribution in [-0.2, 0) is 4.74 Å². The van der Waals surface area contributed by atoms with Gasteiger partial charge in [-0.05, 0) is 62.1 Å². The zero-order valence-corrected chi connectivity index (χ0v) is 17.3. The molecule has 0 spiro atoms. The molecular formula is C25H32O3. The van der Waals surface area contributed by atoms with Crippen molar-refractivity contribution in [2.24, 2.45) is 0 Å². The quantitative estimate of drug-likeness (QED) is 0.256. The summed E-state index contributed by atoms with van der Waals surface area (Å²) in [7, 11) is 0. The molecule has 0 radical (unpaired) electrons. The number of hydrogen-bond donors (Lipinski definition) is 0. The number of unbranched alkanes of at least 4 members (excludes halogenated alkanes) is 2. The van der Waals surface area contributed by atoms with Gasteiger partial charge in [-0.2, -0.15) is 0 Å². The van der Waals surface area contributed by atoms with Crippen LogP contribution in [-0.4, -0.2) is 18.7 Å². The van der Waals surface area contributed by atoms with Crippen molar-refractivity contribution >= 4 is 5.97 Å². The Labute approximate surface area is 169 Å². The van der Waals surface area contributed by atoms with E-state index in [0.29, 0.717) is 18.6 Å². The molecule has 0 aliphatic carbocycles. The van der Waals surface area contributed by atoms with Crippen LogP contribution in [0.4, 0.5) is 0 Å². The van der Waals surface area contributed by atoms with Crippen LogP contribution in [0.5, 0.6) is 5.75 Å². The Bertz CT molecular complexity index is 729. The van der Waals surface area contributed by atoms with Crippen molar-refractivity contribution in [3.8, 4) is 5.75 Å². The highest BCUT2D eigenvalue weighted by molar-refractivity contribution is 5.89. The van der Waals surface area contributed by atoms with Gasteiger partial charge in [0.05, 0.1) is 5.56 Å². The predicted molar refractivity (Wildman–Crippen MR) is 115 cm³/mol. The molecule has 3 nitrogen and oxygen atoms in total. The molecule has 0 aliphatic heterocycles. The third-order valence-electron chi connectivity index (χ3n) is 4.52. The molecule has 0 saturated heterocycles. The van der Waals surface area contributed by atoms with Gasteiger partial charge in [-0.15, -0.1) is 0 Å². The van der Waals surface area contributed by atoms with Crippen molar-refractivity contribution in [2.45, 2.75) is 59.0 Å². The molecule has 1 atom stereocenters. The molecule has 0 fully saturated rings. The van der Waals surface area contributed by atoms with Gasteiger partial charge < -0.3 is 9.47 Å². The molecule has 150 valence electrons. The third-order valence-corrected chi connectivity index (χ3v) is 4.52. The summed E-state index contributed by atoms with van der Waals surface area (Å²) in [6, 6.07) is 15.4. The normalized spacial score (nSPS) is 12.1. The van der Waals surface area contributed by atoms with Crippen molar-refractivity contribution in [3.63, 3.8) is 0 Å². The summed E-state index contributed by atoms with van der Waals surface area (Å²) in [5, 5.41) is 0. The number of rotatable bonds is 11. The van der Waals surface area contributed by atoms with Gasteiger partial charge in [0.15, 0.2) is 0 Å². The maximum atomic E-state index is 12.4. The maximum absolute atomic E-state index is 12.4. The van der Waals surface area contributed by atoms with Crippen LogP contribution < -0.4 is 4.74 Å². The fraction of sp³-hybridized carbons (Fsp3) is 0.400. The number of ether oxygens (including phenoxy) is 2. The van der Waals surface area contributed by atoms with Gasteiger partial charge in [-0.1, -0.05) is 56.2 Å². The Hall–Kier alpha value is -2.55. The molecule has 2 aromatic rings. The minimum Gasteiger partial charge on any atom is -0.490 e. The van der Waals surface area contributed by atoms with Gasteiger partial charge in [0.25, 0.3) is 0 Å². The van der Waals surface area contributed by atoms with Crippen LogP contribution in [0.1, 0.15) is 60.5 Å². The minimum atomic E-state index is -0.248. The van der Waals surface area contributed by atoms with Crippen LogP contribution in [0.25, 0.3) is 0 Å². The summed E-state index contributed by atoms with van der Waals surface area (Å²) in [6.45, 7) is 6.82. The lowest BCUT2D eigenvalue weighted by molar-refractivity contribution is 0.0283. The lowest BCUT2D eigenvalue weighted by atomic mass is 10.1. The Morgan fingerprint density at radius 1 is 1.00 bits per heavy atom. The van der Waals surface area contributed by atoms with E-state index in [9.17, 15) is 4.79 Å². The first-order valence-electron chi connectivity index (χ1n) is 10.2. The minimum absolute atomic E-state index is 0.100. The number of carbonyl (C=O) groups is 1. The Balaban J connectivity index is 1.85. The summed E-state index contributed by atoms with van der Waals surface area (Å²) in [6.07, 6.45) is 8.91. The van der Waals surface area contributed by atoms with Gasteiger partial charge in [0.2, 0.25) is 0 Å². The molecule has 0 amide bonds. The van der Waals surface area contributed by atoms with Crippen molar-refractivity contribution < 1.29 is 14.3 Å². The molecule has 0 heterocycles. The Morgan fingerprint density at radius 3 is 2.39 bits per heavy atom. The number of aryl methyl sites for hydroxylation is 2. The van der Waals surface area contributed by atoms with E-state index in [4.69, 9.17) is 9.47 Å². The zero-order chi connectivity index (χ0) is 20.2. The first-order valence-corrected chi connectivity index (χ1v) is 10.2. The summed E-state index contributed by atoms with van der Waals surface area (Å²) in [5.74, 6) is 0.638. The molecule has 0 aromatic heterocycles. The van der Waals surface area contributed by atoms with Crippen LogP contribution in [0, 0.1) is 13.8 Å². The Morgan fingerprint density at radius 2 is 1.71 bits per heavy atom. The number of hydrogen-bond acceptors (Lipinski definition) is 3. The smallest absolute Gasteiger partial charge is 0.338 e. The van der Waals surface area contributed by atoms with E-state index in [0.717, 1.165) is 31.4 Å². The van der Waals surface area contributed by atoms with Gasteiger partial charge in [-0.25, -0.2) is 4.79 Å². The summed E-state index contributed by atoms with van der Waals surface area (Å²) < 4.78 is 11.6. The van der Waals surface area contributed by atoms with Crippen LogP contribution in [0.3, 0.4) is 0 Å². The van der Waals surface area contributed by atoms with Gasteiger partial charge in [-0.3, -0.25) is 0 Å². The van der Waals surface area contributed by atoms with Gasteiger partial charge >= 0.3 is 5.97 Å². The third kappa shape index (κ3) is 7.99. The molecule has 0 saturated carbocycles. The molecule has 1 unspecified atom stereocenters. The van der Waals surface area contributed by atoms with E-state index in [-0.39, 0.29) is 12.1 Å². The lowest BCUT2D eigenvalue weighted by Crippen LogP contribution is -2.18. The Kier molecular flexibility index (Phi) is 9.33. The predicted octanol–water partition coefficient (Wildman–Crippen LogP) is 6.43. The van der Waals surface area contributed by atoms with E-state index < -0.39 is 0 Å². The number of carbonyl (C=O) groups excluding carboxylic acids is 1. The molecule has 0 bridgehead atoms. The number of esters is 1. The highest BCUT2D eigenvalue weighted by atomic mass is 16.5. The van der Waals surface area contributed by atoms with Gasteiger partial charge in [0.1, 0.15) is 18.5 Å². The van der Waals surface area contributed by atoms with Crippen molar-refractivity contribution in [1.29, 1.82) is 0 Å². The lowest BCUT2D eigenvalue weighted by Gasteiger charge is -2.16. The van der Waals surface area contributed by atoms with E-state index in [2.05, 4.69) is 32.9 Å². The zero-order valence-electron chi connectivity index (χ0n) is 17.3. The first kappa shape index (κ1) is 21.7. The highest BCUT2D eigenvalue weighted by Gasteiger charge is 2.14. The van der Waals surface area contributed by atoms with Crippen molar-refractivity contribution in [2.75, 3.05) is 6.61 Å². The molecule has 2 rings (SSSR count). The van der Waals surface area contributed by atoms with E-state index in [1.807, 2.05) is 36.4 Å². The molecule has 0 aliphatic rings. The average molecular weight is 381 g/mol. The molecular weight excluding hydrogens is 348 g/mol. The molecule has 3 heteroatoms. The molecule has 2 aromatic carbocycles. The summed E-state index contributed by atoms with van der Waals surface area (Å²) >= 11 is 0. The van der Waals surface area contributed by atoms with E-state index in [1.165, 1.54) is 11.1 Å². The van der Waals surface area contributed by atoms with Crippen molar-refractivity contribution in [1.82, 2.24) is 0 Å². The SMILES string of the molecule is CCCCCC(C/C=C/COc1cc(C)cc(C)c1)OC(=O)c1ccccc1. The van der Waals surface area contributed by atoms with Gasteiger partial charge in [0, 0.05) is 6.42 Å².